The van der Waals surface area contributed by atoms with E-state index in [0.29, 0.717) is 11.1 Å². The first-order chi connectivity index (χ1) is 14.8. The van der Waals surface area contributed by atoms with Gasteiger partial charge in [-0.25, -0.2) is 0 Å². The number of carbonyl (C=O) groups is 2. The lowest BCUT2D eigenvalue weighted by atomic mass is 9.95. The van der Waals surface area contributed by atoms with E-state index in [1.165, 1.54) is 23.1 Å². The maximum atomic E-state index is 12.9. The molecule has 1 amide bonds. The Morgan fingerprint density at radius 2 is 1.87 bits per heavy atom. The Morgan fingerprint density at radius 3 is 2.52 bits per heavy atom. The van der Waals surface area contributed by atoms with Crippen molar-refractivity contribution in [3.63, 3.8) is 0 Å². The molecule has 10 heteroatoms. The number of nitro benzene ring substituents is 1. The van der Waals surface area contributed by atoms with Crippen molar-refractivity contribution in [2.45, 2.75) is 6.04 Å². The lowest BCUT2D eigenvalue weighted by Gasteiger charge is -2.25. The van der Waals surface area contributed by atoms with E-state index in [-0.39, 0.29) is 43.4 Å². The summed E-state index contributed by atoms with van der Waals surface area (Å²) in [6.45, 7) is -0.104. The number of carbonyl (C=O) groups excluding carboxylic acids is 2. The minimum Gasteiger partial charge on any atom is -0.507 e. The number of benzene rings is 2. The van der Waals surface area contributed by atoms with Crippen LogP contribution in [0.15, 0.2) is 58.6 Å². The molecule has 1 unspecified atom stereocenters. The van der Waals surface area contributed by atoms with Crippen LogP contribution in [0.1, 0.15) is 17.2 Å². The fraction of sp³-hybridized carbons (Fsp3) is 0.238. The van der Waals surface area contributed by atoms with Crippen molar-refractivity contribution < 1.29 is 29.5 Å². The second-order valence-electron chi connectivity index (χ2n) is 6.69. The van der Waals surface area contributed by atoms with Gasteiger partial charge in [-0.3, -0.25) is 19.7 Å². The monoisotopic (exact) mass is 490 g/mol. The average Bonchev–Trinajstić information content (AvgIpc) is 3.01. The molecule has 0 saturated carbocycles. The van der Waals surface area contributed by atoms with Crippen LogP contribution in [0, 0.1) is 10.1 Å². The van der Waals surface area contributed by atoms with Gasteiger partial charge in [0.1, 0.15) is 5.76 Å². The number of halogens is 1. The molecule has 0 radical (unpaired) electrons. The number of ketones is 1. The molecule has 1 heterocycles. The van der Waals surface area contributed by atoms with E-state index >= 15 is 0 Å². The zero-order chi connectivity index (χ0) is 22.5. The summed E-state index contributed by atoms with van der Waals surface area (Å²) in [5, 5.41) is 31.0. The number of Topliss-reactive ketones (excluding diaryl/α,β-unsaturated/α-hetero) is 1. The van der Waals surface area contributed by atoms with Crippen LogP contribution in [0.2, 0.25) is 0 Å². The quantitative estimate of drug-likeness (QED) is 0.145. The minimum absolute atomic E-state index is 0.00491. The van der Waals surface area contributed by atoms with E-state index in [4.69, 9.17) is 9.84 Å². The van der Waals surface area contributed by atoms with E-state index < -0.39 is 22.7 Å². The highest BCUT2D eigenvalue weighted by molar-refractivity contribution is 9.10. The highest BCUT2D eigenvalue weighted by atomic mass is 79.9. The molecule has 9 nitrogen and oxygen atoms in total. The fourth-order valence-corrected chi connectivity index (χ4v) is 3.62. The first kappa shape index (κ1) is 22.6. The third-order valence-electron chi connectivity index (χ3n) is 4.77. The SMILES string of the molecule is O=C1C(=O)N(CCOCCO)C(c2cccc([N+](=O)[O-])c2)C1=C(O)c1ccc(Br)cc1. The second kappa shape index (κ2) is 9.82. The first-order valence-corrected chi connectivity index (χ1v) is 10.1. The van der Waals surface area contributed by atoms with Crippen LogP contribution in [0.4, 0.5) is 5.69 Å². The molecule has 1 saturated heterocycles. The van der Waals surface area contributed by atoms with Gasteiger partial charge in [0.2, 0.25) is 0 Å². The van der Waals surface area contributed by atoms with Crippen molar-refractivity contribution in [1.82, 2.24) is 4.90 Å². The zero-order valence-corrected chi connectivity index (χ0v) is 17.8. The van der Waals surface area contributed by atoms with Crippen LogP contribution in [-0.2, 0) is 14.3 Å². The third-order valence-corrected chi connectivity index (χ3v) is 5.30. The Bertz CT molecular complexity index is 1040. The van der Waals surface area contributed by atoms with Crippen LogP contribution in [0.25, 0.3) is 5.76 Å². The van der Waals surface area contributed by atoms with Crippen LogP contribution < -0.4 is 0 Å². The molecule has 2 aromatic rings. The molecule has 1 atom stereocenters. The van der Waals surface area contributed by atoms with Gasteiger partial charge in [-0.2, -0.15) is 0 Å². The standard InChI is InChI=1S/C21H19BrN2O7/c22-15-6-4-13(5-7-15)19(26)17-18(14-2-1-3-16(12-14)24(29)30)23(21(28)20(17)27)8-10-31-11-9-25/h1-7,12,18,25-26H,8-11H2. The van der Waals surface area contributed by atoms with Crippen molar-refractivity contribution in [2.75, 3.05) is 26.4 Å². The molecule has 1 aliphatic heterocycles. The van der Waals surface area contributed by atoms with Gasteiger partial charge in [-0.15, -0.1) is 0 Å². The number of aliphatic hydroxyl groups excluding tert-OH is 2. The smallest absolute Gasteiger partial charge is 0.295 e. The summed E-state index contributed by atoms with van der Waals surface area (Å²) in [4.78, 5) is 37.5. The summed E-state index contributed by atoms with van der Waals surface area (Å²) in [6, 6.07) is 11.1. The van der Waals surface area contributed by atoms with Gasteiger partial charge < -0.3 is 19.8 Å². The largest absolute Gasteiger partial charge is 0.507 e. The Balaban J connectivity index is 2.10. The maximum absolute atomic E-state index is 12.9. The predicted molar refractivity (Wildman–Crippen MR) is 114 cm³/mol. The van der Waals surface area contributed by atoms with Crippen LogP contribution >= 0.6 is 15.9 Å². The minimum atomic E-state index is -1.03. The highest BCUT2D eigenvalue weighted by Crippen LogP contribution is 2.40. The topological polar surface area (TPSA) is 130 Å². The lowest BCUT2D eigenvalue weighted by Crippen LogP contribution is -2.33. The van der Waals surface area contributed by atoms with E-state index in [1.54, 1.807) is 30.3 Å². The molecule has 2 N–H and O–H groups in total. The maximum Gasteiger partial charge on any atom is 0.295 e. The Kier molecular flexibility index (Phi) is 7.16. The van der Waals surface area contributed by atoms with Gasteiger partial charge >= 0.3 is 0 Å². The summed E-state index contributed by atoms with van der Waals surface area (Å²) >= 11 is 3.30. The Labute approximate surface area is 185 Å². The van der Waals surface area contributed by atoms with Gasteiger partial charge in [0, 0.05) is 28.7 Å². The van der Waals surface area contributed by atoms with E-state index in [1.807, 2.05) is 0 Å². The first-order valence-electron chi connectivity index (χ1n) is 9.32. The van der Waals surface area contributed by atoms with Crippen molar-refractivity contribution >= 4 is 39.1 Å². The number of non-ortho nitro benzene ring substituents is 1. The Morgan fingerprint density at radius 1 is 1.16 bits per heavy atom. The molecular weight excluding hydrogens is 472 g/mol. The number of ether oxygens (including phenoxy) is 1. The molecule has 31 heavy (non-hydrogen) atoms. The highest BCUT2D eigenvalue weighted by Gasteiger charge is 2.46. The molecule has 0 bridgehead atoms. The van der Waals surface area contributed by atoms with Gasteiger partial charge in [0.25, 0.3) is 17.4 Å². The summed E-state index contributed by atoms with van der Waals surface area (Å²) in [6.07, 6.45) is 0. The molecule has 1 aliphatic rings. The van der Waals surface area contributed by atoms with E-state index in [0.717, 1.165) is 4.47 Å². The van der Waals surface area contributed by atoms with E-state index in [2.05, 4.69) is 15.9 Å². The van der Waals surface area contributed by atoms with E-state index in [9.17, 15) is 24.8 Å². The number of nitrogens with zero attached hydrogens (tertiary/aromatic N) is 2. The lowest BCUT2D eigenvalue weighted by molar-refractivity contribution is -0.384. The molecule has 1 fully saturated rings. The Hall–Kier alpha value is -3.08. The summed E-state index contributed by atoms with van der Waals surface area (Å²) < 4.78 is 5.99. The number of likely N-dealkylation sites (tertiary alicyclic amines) is 1. The van der Waals surface area contributed by atoms with Gasteiger partial charge in [-0.05, 0) is 17.7 Å². The molecule has 0 aliphatic carbocycles. The van der Waals surface area contributed by atoms with Crippen LogP contribution in [0.3, 0.4) is 0 Å². The van der Waals surface area contributed by atoms with Crippen molar-refractivity contribution in [3.05, 3.63) is 79.8 Å². The number of hydrogen-bond acceptors (Lipinski definition) is 7. The van der Waals surface area contributed by atoms with Crippen molar-refractivity contribution in [3.8, 4) is 0 Å². The number of nitro groups is 1. The number of amides is 1. The number of rotatable bonds is 8. The normalized spacial score (nSPS) is 17.9. The van der Waals surface area contributed by atoms with Gasteiger partial charge in [0.05, 0.1) is 36.4 Å². The summed E-state index contributed by atoms with van der Waals surface area (Å²) in [7, 11) is 0. The van der Waals surface area contributed by atoms with Crippen molar-refractivity contribution in [2.24, 2.45) is 0 Å². The summed E-state index contributed by atoms with van der Waals surface area (Å²) in [5.41, 5.74) is 0.278. The van der Waals surface area contributed by atoms with Gasteiger partial charge in [-0.1, -0.05) is 40.2 Å². The number of aliphatic hydroxyl groups is 2. The van der Waals surface area contributed by atoms with Crippen molar-refractivity contribution in [1.29, 1.82) is 0 Å². The predicted octanol–water partition coefficient (Wildman–Crippen LogP) is 2.79. The zero-order valence-electron chi connectivity index (χ0n) is 16.2. The molecule has 162 valence electrons. The molecule has 0 aromatic heterocycles. The number of hydrogen-bond donors (Lipinski definition) is 2. The molecule has 2 aromatic carbocycles. The molecule has 3 rings (SSSR count). The summed E-state index contributed by atoms with van der Waals surface area (Å²) in [5.74, 6) is -2.11. The average molecular weight is 491 g/mol. The second-order valence-corrected chi connectivity index (χ2v) is 7.60. The fourth-order valence-electron chi connectivity index (χ4n) is 3.36. The molecular formula is C21H19BrN2O7. The third kappa shape index (κ3) is 4.82. The molecule has 0 spiro atoms. The van der Waals surface area contributed by atoms with Crippen LogP contribution in [0.5, 0.6) is 0 Å². The van der Waals surface area contributed by atoms with Crippen LogP contribution in [-0.4, -0.2) is 58.1 Å². The van der Waals surface area contributed by atoms with Gasteiger partial charge in [0.15, 0.2) is 0 Å².